The van der Waals surface area contributed by atoms with Crippen LogP contribution in [-0.2, 0) is 27.7 Å². The summed E-state index contributed by atoms with van der Waals surface area (Å²) in [4.78, 5) is 26.6. The Balaban J connectivity index is 1.88. The highest BCUT2D eigenvalue weighted by Gasteiger charge is 2.30. The largest absolute Gasteiger partial charge is 0.475 e. The van der Waals surface area contributed by atoms with E-state index in [-0.39, 0.29) is 34.1 Å². The summed E-state index contributed by atoms with van der Waals surface area (Å²) in [5, 5.41) is 26.6. The maximum absolute atomic E-state index is 13.4. The van der Waals surface area contributed by atoms with Crippen LogP contribution in [0.15, 0.2) is 84.3 Å². The molecule has 13 heteroatoms. The normalized spacial score (nSPS) is 12.9. The molecule has 210 valence electrons. The Hall–Kier alpha value is -3.35. The van der Waals surface area contributed by atoms with Gasteiger partial charge in [0.2, 0.25) is 5.91 Å². The quantitative estimate of drug-likeness (QED) is 0.201. The predicted molar refractivity (Wildman–Crippen MR) is 157 cm³/mol. The smallest absolute Gasteiger partial charge is 0.426 e. The van der Waals surface area contributed by atoms with Gasteiger partial charge in [0.25, 0.3) is 15.9 Å². The molecule has 5 N–H and O–H groups in total. The monoisotopic (exact) mass is 603 g/mol. The third-order valence-electron chi connectivity index (χ3n) is 5.72. The van der Waals surface area contributed by atoms with Crippen molar-refractivity contribution in [3.8, 4) is 0 Å². The Labute approximate surface area is 243 Å². The minimum Gasteiger partial charge on any atom is -0.426 e. The lowest BCUT2D eigenvalue weighted by Gasteiger charge is -2.24. The van der Waals surface area contributed by atoms with Crippen LogP contribution in [-0.4, -0.2) is 49.4 Å². The minimum atomic E-state index is -3.73. The summed E-state index contributed by atoms with van der Waals surface area (Å²) < 4.78 is 26.7. The van der Waals surface area contributed by atoms with Gasteiger partial charge >= 0.3 is 7.12 Å². The van der Waals surface area contributed by atoms with Crippen molar-refractivity contribution in [2.24, 2.45) is 0 Å². The van der Waals surface area contributed by atoms with E-state index in [2.05, 4.69) is 15.4 Å². The van der Waals surface area contributed by atoms with Gasteiger partial charge in [0.05, 0.1) is 16.5 Å². The average Bonchev–Trinajstić information content (AvgIpc) is 2.89. The molecule has 3 aromatic carbocycles. The third kappa shape index (κ3) is 9.39. The summed E-state index contributed by atoms with van der Waals surface area (Å²) >= 11 is 12.2. The summed E-state index contributed by atoms with van der Waals surface area (Å²) in [6, 6.07) is 18.4. The van der Waals surface area contributed by atoms with E-state index < -0.39 is 40.9 Å². The highest BCUT2D eigenvalue weighted by molar-refractivity contribution is 7.95. The number of allylic oxidation sites excluding steroid dienone is 1. The Bertz CT molecular complexity index is 1470. The second-order valence-corrected chi connectivity index (χ2v) is 11.3. The lowest BCUT2D eigenvalue weighted by molar-refractivity contribution is -0.123. The SMILES string of the molecule is CC=CS(=O)(=O)Nc1cccc(C[C@H](NC(=O)c2cc(Cl)ccc2Cl)C(=O)N[C@@H](Cc2ccccc2)B(O)O)c1. The molecule has 3 rings (SSSR count). The summed E-state index contributed by atoms with van der Waals surface area (Å²) in [6.45, 7) is 1.57. The molecular weight excluding hydrogens is 576 g/mol. The van der Waals surface area contributed by atoms with E-state index in [1.54, 1.807) is 49.4 Å². The number of hydrogen-bond donors (Lipinski definition) is 5. The molecule has 0 spiro atoms. The highest BCUT2D eigenvalue weighted by atomic mass is 35.5. The fourth-order valence-corrected chi connectivity index (χ4v) is 5.13. The van der Waals surface area contributed by atoms with Gasteiger partial charge in [-0.15, -0.1) is 0 Å². The molecule has 0 aliphatic rings. The number of sulfonamides is 1. The van der Waals surface area contributed by atoms with Gasteiger partial charge in [0, 0.05) is 22.5 Å². The fourth-order valence-electron chi connectivity index (χ4n) is 3.87. The summed E-state index contributed by atoms with van der Waals surface area (Å²) in [5.41, 5.74) is 1.57. The highest BCUT2D eigenvalue weighted by Crippen LogP contribution is 2.21. The first kappa shape index (κ1) is 31.2. The number of carbonyl (C=O) groups is 2. The first-order valence-corrected chi connectivity index (χ1v) is 14.5. The Morgan fingerprint density at radius 3 is 2.30 bits per heavy atom. The molecule has 0 fully saturated rings. The van der Waals surface area contributed by atoms with E-state index in [0.717, 1.165) is 11.0 Å². The fraction of sp³-hybridized carbons (Fsp3) is 0.185. The second kappa shape index (κ2) is 14.3. The summed E-state index contributed by atoms with van der Waals surface area (Å²) in [6.07, 6.45) is 1.44. The Kier molecular flexibility index (Phi) is 11.2. The van der Waals surface area contributed by atoms with E-state index in [1.807, 2.05) is 6.07 Å². The number of carbonyl (C=O) groups excluding carboxylic acids is 2. The average molecular weight is 604 g/mol. The van der Waals surface area contributed by atoms with Crippen molar-refractivity contribution in [1.82, 2.24) is 10.6 Å². The van der Waals surface area contributed by atoms with Gasteiger partial charge in [-0.2, -0.15) is 0 Å². The number of nitrogens with one attached hydrogen (secondary N) is 3. The molecule has 0 bridgehead atoms. The van der Waals surface area contributed by atoms with E-state index in [4.69, 9.17) is 23.2 Å². The van der Waals surface area contributed by atoms with Gasteiger partial charge < -0.3 is 20.7 Å². The first-order chi connectivity index (χ1) is 19.0. The molecule has 40 heavy (non-hydrogen) atoms. The van der Waals surface area contributed by atoms with Gasteiger partial charge in [-0.3, -0.25) is 14.3 Å². The van der Waals surface area contributed by atoms with Crippen molar-refractivity contribution in [3.63, 3.8) is 0 Å². The molecule has 0 heterocycles. The number of anilines is 1. The van der Waals surface area contributed by atoms with Crippen LogP contribution in [0.1, 0.15) is 28.4 Å². The van der Waals surface area contributed by atoms with Gasteiger partial charge in [-0.05, 0) is 54.8 Å². The summed E-state index contributed by atoms with van der Waals surface area (Å²) in [5.74, 6) is -2.45. The van der Waals surface area contributed by atoms with Crippen LogP contribution in [0.2, 0.25) is 10.0 Å². The molecule has 0 unspecified atom stereocenters. The molecule has 0 saturated carbocycles. The van der Waals surface area contributed by atoms with Gasteiger partial charge in [0.15, 0.2) is 0 Å². The molecule has 2 atom stereocenters. The second-order valence-electron chi connectivity index (χ2n) is 8.89. The predicted octanol–water partition coefficient (Wildman–Crippen LogP) is 3.35. The van der Waals surface area contributed by atoms with Gasteiger partial charge in [-0.1, -0.05) is 71.7 Å². The maximum atomic E-state index is 13.4. The topological polar surface area (TPSA) is 145 Å². The Morgan fingerprint density at radius 1 is 0.925 bits per heavy atom. The van der Waals surface area contributed by atoms with Crippen LogP contribution in [0.4, 0.5) is 5.69 Å². The van der Waals surface area contributed by atoms with Crippen LogP contribution in [0.25, 0.3) is 0 Å². The molecule has 3 aromatic rings. The van der Waals surface area contributed by atoms with Crippen LogP contribution in [0.3, 0.4) is 0 Å². The van der Waals surface area contributed by atoms with Gasteiger partial charge in [-0.25, -0.2) is 8.42 Å². The third-order valence-corrected chi connectivity index (χ3v) is 7.44. The standard InChI is InChI=1S/C27H28BCl2N3O6S/c1-2-13-40(38,39)33-21-10-6-9-19(14-21)15-24(31-26(34)22-17-20(29)11-12-23(22)30)27(35)32-25(28(36)37)16-18-7-4-3-5-8-18/h2-14,17,24-25,33,36-37H,15-16H2,1H3,(H,31,34)(H,32,35)/t24-,25-/m0/s1. The first-order valence-electron chi connectivity index (χ1n) is 12.2. The van der Waals surface area contributed by atoms with Crippen molar-refractivity contribution in [2.45, 2.75) is 31.7 Å². The number of hydrogen-bond acceptors (Lipinski definition) is 6. The minimum absolute atomic E-state index is 0.0443. The molecule has 0 radical (unpaired) electrons. The zero-order valence-electron chi connectivity index (χ0n) is 21.4. The molecule has 0 aromatic heterocycles. The van der Waals surface area contributed by atoms with Crippen LogP contribution in [0, 0.1) is 0 Å². The number of halogens is 2. The van der Waals surface area contributed by atoms with E-state index in [0.29, 0.717) is 5.56 Å². The van der Waals surface area contributed by atoms with E-state index in [9.17, 15) is 28.1 Å². The van der Waals surface area contributed by atoms with Gasteiger partial charge in [0.1, 0.15) is 6.04 Å². The zero-order valence-corrected chi connectivity index (χ0v) is 23.7. The van der Waals surface area contributed by atoms with E-state index in [1.165, 1.54) is 30.3 Å². The van der Waals surface area contributed by atoms with Crippen LogP contribution in [0.5, 0.6) is 0 Å². The lowest BCUT2D eigenvalue weighted by atomic mass is 9.75. The van der Waals surface area contributed by atoms with Crippen molar-refractivity contribution < 1.29 is 28.1 Å². The molecule has 0 saturated heterocycles. The molecule has 0 aliphatic carbocycles. The molecule has 0 aliphatic heterocycles. The number of benzene rings is 3. The number of amides is 2. The van der Waals surface area contributed by atoms with Crippen molar-refractivity contribution in [3.05, 3.63) is 111 Å². The lowest BCUT2D eigenvalue weighted by Crippen LogP contribution is -2.55. The molecule has 9 nitrogen and oxygen atoms in total. The van der Waals surface area contributed by atoms with Crippen LogP contribution >= 0.6 is 23.2 Å². The Morgan fingerprint density at radius 2 is 1.62 bits per heavy atom. The van der Waals surface area contributed by atoms with Crippen LogP contribution < -0.4 is 15.4 Å². The molecule has 2 amide bonds. The van der Waals surface area contributed by atoms with Crippen molar-refractivity contribution in [2.75, 3.05) is 4.72 Å². The summed E-state index contributed by atoms with van der Waals surface area (Å²) in [7, 11) is -5.61. The number of rotatable bonds is 12. The van der Waals surface area contributed by atoms with E-state index >= 15 is 0 Å². The van der Waals surface area contributed by atoms with Crippen molar-refractivity contribution >= 4 is 57.8 Å². The van der Waals surface area contributed by atoms with Crippen molar-refractivity contribution in [1.29, 1.82) is 0 Å². The zero-order chi connectivity index (χ0) is 29.3. The molecular formula is C27H28BCl2N3O6S. The maximum Gasteiger partial charge on any atom is 0.475 e.